The van der Waals surface area contributed by atoms with Crippen LogP contribution < -0.4 is 10.2 Å². The Morgan fingerprint density at radius 2 is 1.68 bits per heavy atom. The molecule has 3 fully saturated rings. The van der Waals surface area contributed by atoms with Gasteiger partial charge in [-0.2, -0.15) is 0 Å². The number of thiazole rings is 1. The number of aromatic nitrogens is 1. The molecule has 2 heterocycles. The summed E-state index contributed by atoms with van der Waals surface area (Å²) in [6.45, 7) is 3.04. The van der Waals surface area contributed by atoms with Crippen molar-refractivity contribution >= 4 is 34.2 Å². The molecule has 0 bridgehead atoms. The summed E-state index contributed by atoms with van der Waals surface area (Å²) in [4.78, 5) is 34.5. The van der Waals surface area contributed by atoms with Crippen LogP contribution in [0.1, 0.15) is 44.1 Å². The Bertz CT molecular complexity index is 1240. The molecule has 0 unspecified atom stereocenters. The minimum Gasteiger partial charge on any atom is -0.445 e. The van der Waals surface area contributed by atoms with Crippen molar-refractivity contribution < 1.29 is 14.3 Å². The van der Waals surface area contributed by atoms with Gasteiger partial charge in [0, 0.05) is 36.3 Å². The van der Waals surface area contributed by atoms with Gasteiger partial charge >= 0.3 is 6.09 Å². The predicted octanol–water partition coefficient (Wildman–Crippen LogP) is 6.18. The number of anilines is 2. The Hall–Kier alpha value is -3.39. The molecular formula is C30H34N4O3S. The number of ether oxygens (including phenoxy) is 1. The molecule has 6 rings (SSSR count). The van der Waals surface area contributed by atoms with Crippen molar-refractivity contribution in [1.29, 1.82) is 0 Å². The highest BCUT2D eigenvalue weighted by molar-refractivity contribution is 7.14. The van der Waals surface area contributed by atoms with Crippen molar-refractivity contribution in [2.24, 2.45) is 11.8 Å². The third-order valence-corrected chi connectivity index (χ3v) is 8.37. The van der Waals surface area contributed by atoms with E-state index in [9.17, 15) is 9.59 Å². The van der Waals surface area contributed by atoms with Crippen LogP contribution in [0.2, 0.25) is 0 Å². The molecule has 3 aromatic rings. The molecule has 0 radical (unpaired) electrons. The van der Waals surface area contributed by atoms with Crippen LogP contribution in [-0.4, -0.2) is 47.6 Å². The Kier molecular flexibility index (Phi) is 7.31. The predicted molar refractivity (Wildman–Crippen MR) is 150 cm³/mol. The number of carbonyl (C=O) groups excluding carboxylic acids is 2. The van der Waals surface area contributed by atoms with E-state index in [0.29, 0.717) is 18.1 Å². The average Bonchev–Trinajstić information content (AvgIpc) is 3.85. The fourth-order valence-corrected chi connectivity index (χ4v) is 5.79. The zero-order chi connectivity index (χ0) is 25.9. The first-order chi connectivity index (χ1) is 18.6. The van der Waals surface area contributed by atoms with Gasteiger partial charge in [-0.25, -0.2) is 9.78 Å². The number of likely N-dealkylation sites (tertiary alicyclic amines) is 1. The van der Waals surface area contributed by atoms with Crippen LogP contribution in [0.25, 0.3) is 11.3 Å². The normalized spacial score (nSPS) is 18.8. The number of nitrogens with one attached hydrogen (secondary N) is 1. The standard InChI is InChI=1S/C30H34N4O3S/c35-28(27-7-4-16-34(27)30(36)37-19-23-5-2-1-3-6-23)32-29-31-26(20-38-29)24-12-14-25(15-13-24)33(17-21-8-9-21)18-22-10-11-22/h1-3,5-6,12-15,20-22,27H,4,7-11,16-19H2,(H,31,32,35)/t27-/m1/s1. The van der Waals surface area contributed by atoms with Crippen LogP contribution in [0.5, 0.6) is 0 Å². The lowest BCUT2D eigenvalue weighted by molar-refractivity contribution is -0.120. The highest BCUT2D eigenvalue weighted by atomic mass is 32.1. The smallest absolute Gasteiger partial charge is 0.410 e. The molecule has 1 aromatic heterocycles. The van der Waals surface area contributed by atoms with Crippen molar-refractivity contribution in [1.82, 2.24) is 9.88 Å². The van der Waals surface area contributed by atoms with E-state index in [-0.39, 0.29) is 12.5 Å². The largest absolute Gasteiger partial charge is 0.445 e. The topological polar surface area (TPSA) is 74.8 Å². The van der Waals surface area contributed by atoms with Gasteiger partial charge in [0.05, 0.1) is 5.69 Å². The summed E-state index contributed by atoms with van der Waals surface area (Å²) in [5, 5.41) is 5.44. The number of hydrogen-bond acceptors (Lipinski definition) is 6. The fraction of sp³-hybridized carbons (Fsp3) is 0.433. The van der Waals surface area contributed by atoms with Crippen LogP contribution in [0.15, 0.2) is 60.0 Å². The molecule has 38 heavy (non-hydrogen) atoms. The number of hydrogen-bond donors (Lipinski definition) is 1. The van der Waals surface area contributed by atoms with Gasteiger partial charge in [-0.1, -0.05) is 42.5 Å². The molecule has 8 heteroatoms. The number of carbonyl (C=O) groups is 2. The van der Waals surface area contributed by atoms with E-state index in [2.05, 4.69) is 39.5 Å². The van der Waals surface area contributed by atoms with Crippen molar-refractivity contribution in [3.8, 4) is 11.3 Å². The van der Waals surface area contributed by atoms with Gasteiger partial charge in [0.25, 0.3) is 0 Å². The molecule has 1 N–H and O–H groups in total. The molecule has 3 aliphatic rings. The summed E-state index contributed by atoms with van der Waals surface area (Å²) in [5.41, 5.74) is 4.09. The van der Waals surface area contributed by atoms with Crippen LogP contribution in [-0.2, 0) is 16.1 Å². The second-order valence-electron chi connectivity index (χ2n) is 10.8. The summed E-state index contributed by atoms with van der Waals surface area (Å²) in [6, 6.07) is 17.7. The molecule has 7 nitrogen and oxygen atoms in total. The van der Waals surface area contributed by atoms with Crippen molar-refractivity contribution in [3.63, 3.8) is 0 Å². The van der Waals surface area contributed by atoms with Crippen LogP contribution in [0, 0.1) is 11.8 Å². The number of rotatable bonds is 10. The molecule has 1 saturated heterocycles. The van der Waals surface area contributed by atoms with E-state index >= 15 is 0 Å². The van der Waals surface area contributed by atoms with E-state index in [1.54, 1.807) is 0 Å². The monoisotopic (exact) mass is 530 g/mol. The van der Waals surface area contributed by atoms with Gasteiger partial charge in [-0.05, 0) is 68.1 Å². The average molecular weight is 531 g/mol. The Balaban J connectivity index is 1.05. The quantitative estimate of drug-likeness (QED) is 0.339. The first-order valence-corrected chi connectivity index (χ1v) is 14.6. The van der Waals surface area contributed by atoms with E-state index in [1.165, 1.54) is 60.7 Å². The summed E-state index contributed by atoms with van der Waals surface area (Å²) in [6.07, 6.45) is 6.38. The number of nitrogens with zero attached hydrogens (tertiary/aromatic N) is 3. The third kappa shape index (κ3) is 6.18. The molecule has 2 amide bonds. The van der Waals surface area contributed by atoms with Crippen molar-refractivity contribution in [3.05, 3.63) is 65.5 Å². The maximum atomic E-state index is 13.1. The minimum atomic E-state index is -0.547. The second-order valence-corrected chi connectivity index (χ2v) is 11.6. The van der Waals surface area contributed by atoms with Crippen LogP contribution in [0.4, 0.5) is 15.6 Å². The Labute approximate surface area is 227 Å². The number of amides is 2. The van der Waals surface area contributed by atoms with Crippen LogP contribution in [0.3, 0.4) is 0 Å². The van der Waals surface area contributed by atoms with Gasteiger partial charge in [-0.3, -0.25) is 9.69 Å². The summed E-state index contributed by atoms with van der Waals surface area (Å²) in [7, 11) is 0. The Morgan fingerprint density at radius 3 is 2.37 bits per heavy atom. The molecule has 2 aliphatic carbocycles. The van der Waals surface area contributed by atoms with Crippen molar-refractivity contribution in [2.75, 3.05) is 29.9 Å². The second kappa shape index (κ2) is 11.2. The van der Waals surface area contributed by atoms with Gasteiger partial charge in [0.2, 0.25) is 5.91 Å². The van der Waals surface area contributed by atoms with Gasteiger partial charge in [-0.15, -0.1) is 11.3 Å². The highest BCUT2D eigenvalue weighted by Crippen LogP contribution is 2.36. The van der Waals surface area contributed by atoms with Gasteiger partial charge in [0.15, 0.2) is 5.13 Å². The molecule has 1 atom stereocenters. The van der Waals surface area contributed by atoms with E-state index in [4.69, 9.17) is 4.74 Å². The SMILES string of the molecule is O=C(Nc1nc(-c2ccc(N(CC3CC3)CC3CC3)cc2)cs1)[C@H]1CCCN1C(=O)OCc1ccccc1. The summed E-state index contributed by atoms with van der Waals surface area (Å²) >= 11 is 1.40. The Morgan fingerprint density at radius 1 is 0.974 bits per heavy atom. The highest BCUT2D eigenvalue weighted by Gasteiger charge is 2.35. The molecule has 0 spiro atoms. The van der Waals surface area contributed by atoms with Gasteiger partial charge < -0.3 is 15.0 Å². The third-order valence-electron chi connectivity index (χ3n) is 7.61. The van der Waals surface area contributed by atoms with Crippen LogP contribution >= 0.6 is 11.3 Å². The fourth-order valence-electron chi connectivity index (χ4n) is 5.07. The van der Waals surface area contributed by atoms with E-state index in [0.717, 1.165) is 35.1 Å². The zero-order valence-corrected chi connectivity index (χ0v) is 22.4. The molecule has 2 aromatic carbocycles. The minimum absolute atomic E-state index is 0.193. The van der Waals surface area contributed by atoms with Crippen molar-refractivity contribution in [2.45, 2.75) is 51.2 Å². The molecular weight excluding hydrogens is 496 g/mol. The summed E-state index contributed by atoms with van der Waals surface area (Å²) < 4.78 is 5.47. The first-order valence-electron chi connectivity index (χ1n) is 13.7. The van der Waals surface area contributed by atoms with E-state index in [1.807, 2.05) is 35.7 Å². The maximum Gasteiger partial charge on any atom is 0.410 e. The number of benzene rings is 2. The maximum absolute atomic E-state index is 13.1. The zero-order valence-electron chi connectivity index (χ0n) is 21.6. The van der Waals surface area contributed by atoms with Gasteiger partial charge in [0.1, 0.15) is 12.6 Å². The lowest BCUT2D eigenvalue weighted by Gasteiger charge is -2.25. The molecule has 198 valence electrons. The lowest BCUT2D eigenvalue weighted by Crippen LogP contribution is -2.43. The molecule has 2 saturated carbocycles. The molecule has 1 aliphatic heterocycles. The first kappa shape index (κ1) is 24.9. The summed E-state index contributed by atoms with van der Waals surface area (Å²) in [5.74, 6) is 1.51. The van der Waals surface area contributed by atoms with E-state index < -0.39 is 12.1 Å². The lowest BCUT2D eigenvalue weighted by atomic mass is 10.1.